The Morgan fingerprint density at radius 2 is 1.93 bits per heavy atom. The summed E-state index contributed by atoms with van der Waals surface area (Å²) in [5.41, 5.74) is 2.02. The molecule has 1 N–H and O–H groups in total. The van der Waals surface area contributed by atoms with E-state index in [0.717, 1.165) is 11.1 Å². The molecule has 0 fully saturated rings. The van der Waals surface area contributed by atoms with Crippen molar-refractivity contribution < 1.29 is 23.4 Å². The predicted molar refractivity (Wildman–Crippen MR) is 109 cm³/mol. The van der Waals surface area contributed by atoms with Crippen LogP contribution in [0.4, 0.5) is 4.39 Å². The number of amides is 1. The number of nitrogens with one attached hydrogen (secondary N) is 1. The first-order valence-corrected chi connectivity index (χ1v) is 9.77. The zero-order chi connectivity index (χ0) is 20.6. The highest BCUT2D eigenvalue weighted by Crippen LogP contribution is 2.34. The highest BCUT2D eigenvalue weighted by Gasteiger charge is 2.14. The minimum Gasteiger partial charge on any atom is -0.493 e. The summed E-state index contributed by atoms with van der Waals surface area (Å²) in [6, 6.07) is 11.6. The van der Waals surface area contributed by atoms with Crippen molar-refractivity contribution in [1.29, 1.82) is 0 Å². The van der Waals surface area contributed by atoms with Crippen LogP contribution in [-0.2, 0) is 11.3 Å². The highest BCUT2D eigenvalue weighted by atomic mass is 32.1. The molecule has 0 spiro atoms. The van der Waals surface area contributed by atoms with E-state index in [1.54, 1.807) is 37.8 Å². The van der Waals surface area contributed by atoms with Crippen LogP contribution in [0.5, 0.6) is 11.5 Å². The fraction of sp³-hybridized carbons (Fsp3) is 0.238. The average Bonchev–Trinajstić information content (AvgIpc) is 3.24. The van der Waals surface area contributed by atoms with Crippen molar-refractivity contribution in [2.45, 2.75) is 6.61 Å². The monoisotopic (exact) mass is 416 g/mol. The van der Waals surface area contributed by atoms with Crippen molar-refractivity contribution in [3.63, 3.8) is 0 Å². The number of aromatic nitrogens is 1. The molecule has 0 bridgehead atoms. The molecule has 6 nitrogen and oxygen atoms in total. The molecule has 152 valence electrons. The normalized spacial score (nSPS) is 10.6. The second kappa shape index (κ2) is 9.99. The quantitative estimate of drug-likeness (QED) is 0.536. The Labute approximate surface area is 172 Å². The van der Waals surface area contributed by atoms with Crippen LogP contribution in [0.2, 0.25) is 0 Å². The van der Waals surface area contributed by atoms with Crippen molar-refractivity contribution >= 4 is 17.2 Å². The molecule has 1 amide bonds. The van der Waals surface area contributed by atoms with Gasteiger partial charge in [0, 0.05) is 24.6 Å². The summed E-state index contributed by atoms with van der Waals surface area (Å²) in [6.07, 6.45) is 0. The fourth-order valence-corrected chi connectivity index (χ4v) is 3.33. The van der Waals surface area contributed by atoms with Crippen molar-refractivity contribution in [2.24, 2.45) is 0 Å². The third-order valence-electron chi connectivity index (χ3n) is 4.05. The van der Waals surface area contributed by atoms with Crippen LogP contribution in [0, 0.1) is 5.82 Å². The standard InChI is InChI=1S/C21H21FN2O4S/c1-26-10-9-23-20(25)17-13-29-21(24-17)15-5-8-18(19(11-15)27-2)28-12-14-3-6-16(22)7-4-14/h3-8,11,13H,9-10,12H2,1-2H3,(H,23,25). The molecular formula is C21H21FN2O4S. The minimum atomic E-state index is -0.286. The van der Waals surface area contributed by atoms with Gasteiger partial charge in [0.05, 0.1) is 13.7 Å². The maximum absolute atomic E-state index is 13.0. The van der Waals surface area contributed by atoms with Crippen LogP contribution in [-0.4, -0.2) is 38.3 Å². The van der Waals surface area contributed by atoms with Gasteiger partial charge in [0.2, 0.25) is 0 Å². The molecule has 8 heteroatoms. The largest absolute Gasteiger partial charge is 0.493 e. The van der Waals surface area contributed by atoms with E-state index in [0.29, 0.717) is 42.0 Å². The van der Waals surface area contributed by atoms with Gasteiger partial charge in [0.15, 0.2) is 11.5 Å². The lowest BCUT2D eigenvalue weighted by molar-refractivity contribution is 0.0933. The molecule has 3 rings (SSSR count). The summed E-state index contributed by atoms with van der Waals surface area (Å²) in [5.74, 6) is 0.585. The van der Waals surface area contributed by atoms with E-state index >= 15 is 0 Å². The Balaban J connectivity index is 1.70. The van der Waals surface area contributed by atoms with E-state index in [-0.39, 0.29) is 11.7 Å². The van der Waals surface area contributed by atoms with E-state index in [9.17, 15) is 9.18 Å². The first kappa shape index (κ1) is 20.8. The molecule has 2 aromatic carbocycles. The molecule has 1 aromatic heterocycles. The van der Waals surface area contributed by atoms with E-state index < -0.39 is 0 Å². The zero-order valence-electron chi connectivity index (χ0n) is 16.1. The van der Waals surface area contributed by atoms with Crippen LogP contribution in [0.1, 0.15) is 16.1 Å². The Hall–Kier alpha value is -2.97. The second-order valence-corrected chi connectivity index (χ2v) is 6.93. The van der Waals surface area contributed by atoms with Crippen LogP contribution < -0.4 is 14.8 Å². The number of nitrogens with zero attached hydrogens (tertiary/aromatic N) is 1. The van der Waals surface area contributed by atoms with Gasteiger partial charge in [-0.1, -0.05) is 12.1 Å². The summed E-state index contributed by atoms with van der Waals surface area (Å²) in [4.78, 5) is 16.5. The molecule has 0 saturated heterocycles. The summed E-state index contributed by atoms with van der Waals surface area (Å²) in [5, 5.41) is 5.15. The number of ether oxygens (including phenoxy) is 3. The molecule has 0 aliphatic rings. The van der Waals surface area contributed by atoms with Gasteiger partial charge in [-0.3, -0.25) is 4.79 Å². The Morgan fingerprint density at radius 3 is 2.66 bits per heavy atom. The van der Waals surface area contributed by atoms with E-state index in [2.05, 4.69) is 10.3 Å². The maximum atomic E-state index is 13.0. The van der Waals surface area contributed by atoms with Gasteiger partial charge in [-0.2, -0.15) is 0 Å². The van der Waals surface area contributed by atoms with Crippen LogP contribution in [0.15, 0.2) is 47.8 Å². The number of thiazole rings is 1. The number of carbonyl (C=O) groups excluding carboxylic acids is 1. The molecule has 1 heterocycles. The van der Waals surface area contributed by atoms with Gasteiger partial charge in [0.25, 0.3) is 5.91 Å². The number of halogens is 1. The predicted octanol–water partition coefficient (Wildman–Crippen LogP) is 3.91. The Bertz CT molecular complexity index is 960. The average molecular weight is 416 g/mol. The fourth-order valence-electron chi connectivity index (χ4n) is 2.53. The van der Waals surface area contributed by atoms with E-state index in [1.807, 2.05) is 12.1 Å². The number of hydrogen-bond donors (Lipinski definition) is 1. The van der Waals surface area contributed by atoms with E-state index in [4.69, 9.17) is 14.2 Å². The van der Waals surface area contributed by atoms with Gasteiger partial charge in [0.1, 0.15) is 23.1 Å². The van der Waals surface area contributed by atoms with Crippen LogP contribution in [0.3, 0.4) is 0 Å². The van der Waals surface area contributed by atoms with Crippen LogP contribution >= 0.6 is 11.3 Å². The summed E-state index contributed by atoms with van der Waals surface area (Å²) in [6.45, 7) is 1.16. The maximum Gasteiger partial charge on any atom is 0.270 e. The number of carbonyl (C=O) groups is 1. The lowest BCUT2D eigenvalue weighted by Crippen LogP contribution is -2.27. The molecule has 3 aromatic rings. The summed E-state index contributed by atoms with van der Waals surface area (Å²) in [7, 11) is 3.13. The molecule has 0 unspecified atom stereocenters. The van der Waals surface area contributed by atoms with Crippen molar-refractivity contribution in [1.82, 2.24) is 10.3 Å². The second-order valence-electron chi connectivity index (χ2n) is 6.07. The minimum absolute atomic E-state index is 0.240. The van der Waals surface area contributed by atoms with Crippen LogP contribution in [0.25, 0.3) is 10.6 Å². The SMILES string of the molecule is COCCNC(=O)c1csc(-c2ccc(OCc3ccc(F)cc3)c(OC)c2)n1. The Morgan fingerprint density at radius 1 is 1.14 bits per heavy atom. The molecule has 0 aliphatic carbocycles. The first-order valence-electron chi connectivity index (χ1n) is 8.89. The lowest BCUT2D eigenvalue weighted by Gasteiger charge is -2.12. The van der Waals surface area contributed by atoms with E-state index in [1.165, 1.54) is 23.5 Å². The molecule has 0 radical (unpaired) electrons. The topological polar surface area (TPSA) is 69.7 Å². The first-order chi connectivity index (χ1) is 14.1. The van der Waals surface area contributed by atoms with Crippen molar-refractivity contribution in [2.75, 3.05) is 27.4 Å². The summed E-state index contributed by atoms with van der Waals surface area (Å²) >= 11 is 1.37. The van der Waals surface area contributed by atoms with Gasteiger partial charge < -0.3 is 19.5 Å². The number of benzene rings is 2. The molecule has 0 saturated carbocycles. The highest BCUT2D eigenvalue weighted by molar-refractivity contribution is 7.13. The molecule has 0 aliphatic heterocycles. The molecular weight excluding hydrogens is 395 g/mol. The number of rotatable bonds is 9. The number of hydrogen-bond acceptors (Lipinski definition) is 6. The zero-order valence-corrected chi connectivity index (χ0v) is 16.9. The third kappa shape index (κ3) is 5.52. The van der Waals surface area contributed by atoms with Gasteiger partial charge >= 0.3 is 0 Å². The Kier molecular flexibility index (Phi) is 7.15. The van der Waals surface area contributed by atoms with Gasteiger partial charge in [-0.25, -0.2) is 9.37 Å². The molecule has 29 heavy (non-hydrogen) atoms. The third-order valence-corrected chi connectivity index (χ3v) is 4.94. The summed E-state index contributed by atoms with van der Waals surface area (Å²) < 4.78 is 29.2. The van der Waals surface area contributed by atoms with Crippen molar-refractivity contribution in [3.8, 4) is 22.1 Å². The van der Waals surface area contributed by atoms with Gasteiger partial charge in [-0.05, 0) is 35.9 Å². The lowest BCUT2D eigenvalue weighted by atomic mass is 10.2. The van der Waals surface area contributed by atoms with Gasteiger partial charge in [-0.15, -0.1) is 11.3 Å². The number of methoxy groups -OCH3 is 2. The molecule has 0 atom stereocenters. The van der Waals surface area contributed by atoms with Crippen molar-refractivity contribution in [3.05, 3.63) is 64.9 Å². The smallest absolute Gasteiger partial charge is 0.270 e.